The van der Waals surface area contributed by atoms with Crippen LogP contribution in [0.4, 0.5) is 4.39 Å². The van der Waals surface area contributed by atoms with Crippen molar-refractivity contribution in [2.24, 2.45) is 35.3 Å². The summed E-state index contributed by atoms with van der Waals surface area (Å²) < 4.78 is 16.1. The van der Waals surface area contributed by atoms with Gasteiger partial charge in [0.2, 0.25) is 5.91 Å². The Morgan fingerprint density at radius 2 is 1.70 bits per heavy atom. The standard InChI is InChI=1S/C29H34FN3O7/c1-28(2,12-5-6-12)33-9-14-15(10-33)22(34)18-13(20(14)30)7-11-8-16-21(32(3)4)24(36)19(27(31)39)26(38)29(16,40)25(37)17(11)23(18)35/h11-12,16-17,19,21,34,40H,5-10H2,1-4H3,(H2,31,39)/t11-,16-,17?,19?,21-,29-/m0/s1. The molecule has 214 valence electrons. The fourth-order valence-electron chi connectivity index (χ4n) is 8.03. The van der Waals surface area contributed by atoms with Gasteiger partial charge in [-0.05, 0) is 65.5 Å². The number of carbonyl (C=O) groups is 5. The van der Waals surface area contributed by atoms with E-state index in [2.05, 4.69) is 18.7 Å². The Labute approximate surface area is 230 Å². The van der Waals surface area contributed by atoms with Crippen molar-refractivity contribution in [1.29, 1.82) is 0 Å². The highest BCUT2D eigenvalue weighted by atomic mass is 19.1. The van der Waals surface area contributed by atoms with Crippen LogP contribution in [0.3, 0.4) is 0 Å². The van der Waals surface area contributed by atoms with Crippen molar-refractivity contribution in [3.63, 3.8) is 0 Å². The summed E-state index contributed by atoms with van der Waals surface area (Å²) in [5.74, 6) is -11.5. The van der Waals surface area contributed by atoms with Crippen LogP contribution in [0.25, 0.3) is 0 Å². The first-order valence-corrected chi connectivity index (χ1v) is 13.8. The van der Waals surface area contributed by atoms with Gasteiger partial charge in [-0.15, -0.1) is 0 Å². The minimum absolute atomic E-state index is 0.0247. The smallest absolute Gasteiger partial charge is 0.235 e. The van der Waals surface area contributed by atoms with Gasteiger partial charge in [-0.1, -0.05) is 0 Å². The lowest BCUT2D eigenvalue weighted by atomic mass is 9.52. The minimum Gasteiger partial charge on any atom is -0.507 e. The molecule has 1 heterocycles. The van der Waals surface area contributed by atoms with E-state index >= 15 is 4.39 Å². The highest BCUT2D eigenvalue weighted by Crippen LogP contribution is 2.53. The molecule has 1 aromatic carbocycles. The summed E-state index contributed by atoms with van der Waals surface area (Å²) in [7, 11) is 3.04. The van der Waals surface area contributed by atoms with E-state index in [-0.39, 0.29) is 48.3 Å². The first-order valence-electron chi connectivity index (χ1n) is 13.8. The number of nitrogens with zero attached hydrogens (tertiary/aromatic N) is 2. The summed E-state index contributed by atoms with van der Waals surface area (Å²) in [4.78, 5) is 70.0. The number of halogens is 1. The molecule has 6 atom stereocenters. The molecule has 0 radical (unpaired) electrons. The van der Waals surface area contributed by atoms with Gasteiger partial charge in [0.05, 0.1) is 17.5 Å². The molecule has 0 spiro atoms. The molecule has 5 aliphatic rings. The van der Waals surface area contributed by atoms with Crippen molar-refractivity contribution in [2.45, 2.75) is 69.8 Å². The van der Waals surface area contributed by atoms with Gasteiger partial charge in [-0.2, -0.15) is 0 Å². The van der Waals surface area contributed by atoms with Gasteiger partial charge in [0.1, 0.15) is 11.6 Å². The molecule has 1 aliphatic heterocycles. The van der Waals surface area contributed by atoms with E-state index in [4.69, 9.17) is 5.73 Å². The van der Waals surface area contributed by atoms with Crippen molar-refractivity contribution < 1.29 is 38.6 Å². The molecule has 4 N–H and O–H groups in total. The second-order valence-electron chi connectivity index (χ2n) is 13.0. The number of nitrogens with two attached hydrogens (primary N) is 1. The SMILES string of the molecule is CN(C)[C@@H]1C(=O)C(C(N)=O)C(=O)[C@@]2(O)C(=O)C3C(=O)c4c(O)c5c(c(F)c4C[C@H]3C[C@@H]12)CN(C(C)(C)C1CC1)C5. The van der Waals surface area contributed by atoms with Gasteiger partial charge < -0.3 is 15.9 Å². The van der Waals surface area contributed by atoms with Crippen LogP contribution >= 0.6 is 0 Å². The highest BCUT2D eigenvalue weighted by Gasteiger charge is 2.69. The second-order valence-corrected chi connectivity index (χ2v) is 13.0. The summed E-state index contributed by atoms with van der Waals surface area (Å²) >= 11 is 0. The Hall–Kier alpha value is -3.02. The number of carbonyl (C=O) groups excluding carboxylic acids is 5. The number of aliphatic hydroxyl groups is 1. The Morgan fingerprint density at radius 3 is 2.27 bits per heavy atom. The number of ketones is 4. The Bertz CT molecular complexity index is 1420. The third-order valence-corrected chi connectivity index (χ3v) is 10.5. The van der Waals surface area contributed by atoms with Crippen molar-refractivity contribution >= 4 is 29.0 Å². The third kappa shape index (κ3) is 3.34. The van der Waals surface area contributed by atoms with Crippen LogP contribution < -0.4 is 5.73 Å². The number of phenolic OH excluding ortho intramolecular Hbond substituents is 1. The van der Waals surface area contributed by atoms with Crippen LogP contribution in [-0.2, 0) is 38.7 Å². The van der Waals surface area contributed by atoms with Gasteiger partial charge >= 0.3 is 0 Å². The van der Waals surface area contributed by atoms with Crippen molar-refractivity contribution in [2.75, 3.05) is 14.1 Å². The van der Waals surface area contributed by atoms with E-state index in [0.29, 0.717) is 17.0 Å². The topological polar surface area (TPSA) is 158 Å². The summed E-state index contributed by atoms with van der Waals surface area (Å²) in [5.41, 5.74) is 2.72. The molecule has 11 heteroatoms. The number of benzene rings is 1. The lowest BCUT2D eigenvalue weighted by molar-refractivity contribution is -0.181. The molecule has 0 aromatic heterocycles. The molecule has 10 nitrogen and oxygen atoms in total. The van der Waals surface area contributed by atoms with E-state index in [1.165, 1.54) is 19.0 Å². The van der Waals surface area contributed by atoms with Crippen LogP contribution in [0.5, 0.6) is 5.75 Å². The molecule has 0 saturated heterocycles. The van der Waals surface area contributed by atoms with E-state index in [1.807, 2.05) is 0 Å². The monoisotopic (exact) mass is 555 g/mol. The van der Waals surface area contributed by atoms with E-state index in [1.54, 1.807) is 0 Å². The number of amides is 1. The van der Waals surface area contributed by atoms with Gasteiger partial charge in [-0.25, -0.2) is 4.39 Å². The van der Waals surface area contributed by atoms with Crippen LogP contribution in [0.1, 0.15) is 60.2 Å². The number of Topliss-reactive ketones (excluding diaryl/α,β-unsaturated/α-hetero) is 4. The van der Waals surface area contributed by atoms with Crippen LogP contribution in [0.15, 0.2) is 0 Å². The minimum atomic E-state index is -2.80. The van der Waals surface area contributed by atoms with Gasteiger partial charge in [0, 0.05) is 41.2 Å². The number of phenols is 1. The van der Waals surface area contributed by atoms with Gasteiger partial charge in [0.15, 0.2) is 34.7 Å². The van der Waals surface area contributed by atoms with Gasteiger partial charge in [-0.3, -0.25) is 33.8 Å². The first-order chi connectivity index (χ1) is 18.6. The molecule has 3 saturated carbocycles. The highest BCUT2D eigenvalue weighted by molar-refractivity contribution is 6.32. The molecule has 6 rings (SSSR count). The molecule has 2 unspecified atom stereocenters. The fraction of sp³-hybridized carbons (Fsp3) is 0.621. The predicted octanol–water partition coefficient (Wildman–Crippen LogP) is 0.510. The molecule has 3 fully saturated rings. The average Bonchev–Trinajstić information content (AvgIpc) is 3.63. The lowest BCUT2D eigenvalue weighted by Gasteiger charge is -2.52. The number of rotatable bonds is 4. The summed E-state index contributed by atoms with van der Waals surface area (Å²) in [6.45, 7) is 4.72. The van der Waals surface area contributed by atoms with E-state index in [9.17, 15) is 34.2 Å². The Kier molecular flexibility index (Phi) is 5.77. The first kappa shape index (κ1) is 27.2. The number of hydrogen-bond donors (Lipinski definition) is 3. The molecular weight excluding hydrogens is 521 g/mol. The summed E-state index contributed by atoms with van der Waals surface area (Å²) in [6.07, 6.45) is 1.96. The fourth-order valence-corrected chi connectivity index (χ4v) is 8.03. The summed E-state index contributed by atoms with van der Waals surface area (Å²) in [5, 5.41) is 23.0. The largest absolute Gasteiger partial charge is 0.507 e. The van der Waals surface area contributed by atoms with Crippen molar-refractivity contribution in [3.8, 4) is 5.75 Å². The number of hydrogen-bond acceptors (Lipinski definition) is 9. The lowest BCUT2D eigenvalue weighted by Crippen LogP contribution is -2.74. The number of likely N-dealkylation sites (N-methyl/N-ethyl adjacent to an activating group) is 1. The normalized spacial score (nSPS) is 34.0. The quantitative estimate of drug-likeness (QED) is 0.450. The summed E-state index contributed by atoms with van der Waals surface area (Å²) in [6, 6.07) is -1.20. The average molecular weight is 556 g/mol. The predicted molar refractivity (Wildman–Crippen MR) is 137 cm³/mol. The number of fused-ring (bicyclic) bond motifs is 4. The molecule has 4 aliphatic carbocycles. The molecule has 0 bridgehead atoms. The zero-order chi connectivity index (χ0) is 29.2. The second kappa shape index (κ2) is 8.50. The van der Waals surface area contributed by atoms with Gasteiger partial charge in [0.25, 0.3) is 0 Å². The zero-order valence-electron chi connectivity index (χ0n) is 23.0. The zero-order valence-corrected chi connectivity index (χ0v) is 23.0. The van der Waals surface area contributed by atoms with Crippen molar-refractivity contribution in [3.05, 3.63) is 28.1 Å². The third-order valence-electron chi connectivity index (χ3n) is 10.5. The van der Waals surface area contributed by atoms with Crippen LogP contribution in [0.2, 0.25) is 0 Å². The number of primary amides is 1. The maximum atomic E-state index is 16.1. The number of aromatic hydroxyl groups is 1. The maximum Gasteiger partial charge on any atom is 0.235 e. The van der Waals surface area contributed by atoms with Crippen LogP contribution in [-0.4, -0.2) is 80.3 Å². The molecule has 1 amide bonds. The van der Waals surface area contributed by atoms with E-state index in [0.717, 1.165) is 12.8 Å². The molecule has 40 heavy (non-hydrogen) atoms. The van der Waals surface area contributed by atoms with E-state index < -0.39 is 70.2 Å². The Morgan fingerprint density at radius 1 is 1.07 bits per heavy atom. The molecular formula is C29H34FN3O7. The van der Waals surface area contributed by atoms with Crippen LogP contribution in [0, 0.1) is 35.4 Å². The van der Waals surface area contributed by atoms with Crippen molar-refractivity contribution in [1.82, 2.24) is 9.80 Å². The Balaban J connectivity index is 1.44. The maximum absolute atomic E-state index is 16.1. The molecule has 1 aromatic rings.